The number of pyridine rings is 4. The van der Waals surface area contributed by atoms with Crippen molar-refractivity contribution in [2.24, 2.45) is 0 Å². The summed E-state index contributed by atoms with van der Waals surface area (Å²) in [6.07, 6.45) is 0.713. The third-order valence-electron chi connectivity index (χ3n) is 15.5. The number of alkyl halides is 3. The van der Waals surface area contributed by atoms with Gasteiger partial charge in [0, 0.05) is 58.3 Å². The van der Waals surface area contributed by atoms with Crippen molar-refractivity contribution < 1.29 is 84.3 Å². The molecule has 0 fully saturated rings. The van der Waals surface area contributed by atoms with E-state index in [0.717, 1.165) is 42.9 Å². The fourth-order valence-corrected chi connectivity index (χ4v) is 17.6. The highest BCUT2D eigenvalue weighted by Gasteiger charge is 2.36. The number of anilines is 4. The number of benzene rings is 8. The summed E-state index contributed by atoms with van der Waals surface area (Å²) >= 11 is 70.7. The van der Waals surface area contributed by atoms with Crippen LogP contribution in [0.25, 0.3) is 0 Å². The van der Waals surface area contributed by atoms with Crippen LogP contribution in [0.1, 0.15) is 80.1 Å². The van der Waals surface area contributed by atoms with Gasteiger partial charge in [-0.1, -0.05) is 200 Å². The molecule has 12 rings (SSSR count). The van der Waals surface area contributed by atoms with E-state index < -0.39 is 112 Å². The molecular formula is C75H45Cl12F3N8O16S5. The molecular weight excluding hydrogens is 1910 g/mol. The van der Waals surface area contributed by atoms with E-state index in [2.05, 4.69) is 34.1 Å². The summed E-state index contributed by atoms with van der Waals surface area (Å²) < 4.78 is 174. The van der Waals surface area contributed by atoms with Crippen LogP contribution in [0.4, 0.5) is 35.9 Å². The van der Waals surface area contributed by atoms with Crippen molar-refractivity contribution in [3.05, 3.63) is 341 Å². The Morgan fingerprint density at radius 3 is 0.950 bits per heavy atom. The number of carboxylic acid groups (broad SMARTS) is 1. The molecule has 616 valence electrons. The largest absolute Gasteiger partial charge is 0.478 e. The Morgan fingerprint density at radius 1 is 0.311 bits per heavy atom. The van der Waals surface area contributed by atoms with Gasteiger partial charge in [0.1, 0.15) is 22.8 Å². The lowest BCUT2D eigenvalue weighted by molar-refractivity contribution is -0.137. The Balaban J connectivity index is 0.000000181. The zero-order valence-electron chi connectivity index (χ0n) is 58.9. The minimum Gasteiger partial charge on any atom is -0.478 e. The Labute approximate surface area is 735 Å². The minimum absolute atomic E-state index is 0.0205. The van der Waals surface area contributed by atoms with Crippen LogP contribution in [0.15, 0.2) is 249 Å². The van der Waals surface area contributed by atoms with Crippen LogP contribution in [0.5, 0.6) is 0 Å². The quantitative estimate of drug-likeness (QED) is 0.0393. The zero-order chi connectivity index (χ0) is 87.6. The first-order valence-electron chi connectivity index (χ1n) is 32.2. The van der Waals surface area contributed by atoms with Gasteiger partial charge in [0.2, 0.25) is 23.1 Å². The number of hydrogen-bond acceptors (Lipinski definition) is 19. The molecule has 119 heavy (non-hydrogen) atoms. The number of ketones is 4. The van der Waals surface area contributed by atoms with E-state index in [1.165, 1.54) is 140 Å². The average molecular weight is 1960 g/mol. The number of nitrogens with one attached hydrogen (secondary N) is 4. The van der Waals surface area contributed by atoms with Gasteiger partial charge in [0.15, 0.2) is 9.84 Å². The molecule has 44 heteroatoms. The average Bonchev–Trinajstić information content (AvgIpc) is 0.790. The number of sulfonamides is 4. The molecule has 5 N–H and O–H groups in total. The molecule has 4 heterocycles. The van der Waals surface area contributed by atoms with E-state index in [1.807, 2.05) is 4.72 Å². The van der Waals surface area contributed by atoms with Crippen LogP contribution in [-0.2, 0) is 56.1 Å². The van der Waals surface area contributed by atoms with Crippen LogP contribution in [0.2, 0.25) is 60.3 Å². The fourth-order valence-electron chi connectivity index (χ4n) is 10.1. The molecule has 24 nitrogen and oxygen atoms in total. The van der Waals surface area contributed by atoms with E-state index in [1.54, 1.807) is 42.5 Å². The molecule has 0 radical (unpaired) electrons. The number of nitrogens with zero attached hydrogens (tertiary/aromatic N) is 4. The second-order valence-electron chi connectivity index (χ2n) is 23.8. The molecule has 0 unspecified atom stereocenters. The molecule has 4 aromatic heterocycles. The first-order chi connectivity index (χ1) is 55.7. The minimum atomic E-state index is -4.91. The van der Waals surface area contributed by atoms with Crippen molar-refractivity contribution in [1.82, 2.24) is 19.9 Å². The molecule has 0 saturated carbocycles. The van der Waals surface area contributed by atoms with Gasteiger partial charge in [-0.25, -0.2) is 66.8 Å². The van der Waals surface area contributed by atoms with Crippen molar-refractivity contribution in [3.63, 3.8) is 0 Å². The summed E-state index contributed by atoms with van der Waals surface area (Å²) in [6.45, 7) is 0. The second-order valence-corrected chi connectivity index (χ2v) is 37.5. The molecule has 0 bridgehead atoms. The maximum Gasteiger partial charge on any atom is 0.417 e. The van der Waals surface area contributed by atoms with Gasteiger partial charge in [-0.2, -0.15) is 13.2 Å². The predicted molar refractivity (Wildman–Crippen MR) is 451 cm³/mol. The summed E-state index contributed by atoms with van der Waals surface area (Å²) in [4.78, 5) is 77.5. The maximum absolute atomic E-state index is 13.1. The number of hydrogen-bond donors (Lipinski definition) is 5. The van der Waals surface area contributed by atoms with E-state index >= 15 is 0 Å². The van der Waals surface area contributed by atoms with E-state index in [4.69, 9.17) is 139 Å². The van der Waals surface area contributed by atoms with E-state index in [9.17, 15) is 84.3 Å². The summed E-state index contributed by atoms with van der Waals surface area (Å²) in [5.41, 5.74) is -3.78. The molecule has 0 atom stereocenters. The number of carbonyl (C=O) groups excluding carboxylic acids is 4. The van der Waals surface area contributed by atoms with Crippen LogP contribution in [0.3, 0.4) is 0 Å². The third kappa shape index (κ3) is 23.9. The van der Waals surface area contributed by atoms with Crippen LogP contribution >= 0.6 is 139 Å². The van der Waals surface area contributed by atoms with Gasteiger partial charge in [0.05, 0.1) is 114 Å². The number of rotatable bonds is 22. The Hall–Kier alpha value is -9.27. The molecule has 0 spiro atoms. The monoisotopic (exact) mass is 1950 g/mol. The van der Waals surface area contributed by atoms with Crippen LogP contribution in [-0.4, -0.2) is 102 Å². The Bertz CT molecular complexity index is 6700. The van der Waals surface area contributed by atoms with Crippen LogP contribution < -0.4 is 18.9 Å². The van der Waals surface area contributed by atoms with Crippen molar-refractivity contribution in [1.29, 1.82) is 0 Å². The first-order valence-corrected chi connectivity index (χ1v) is 44.6. The number of carbonyl (C=O) groups is 5. The number of sulfone groups is 1. The summed E-state index contributed by atoms with van der Waals surface area (Å²) in [7, 11) is -20.7. The number of aromatic carboxylic acids is 1. The molecule has 0 saturated heterocycles. The van der Waals surface area contributed by atoms with Crippen molar-refractivity contribution in [2.75, 3.05) is 25.1 Å². The van der Waals surface area contributed by atoms with Gasteiger partial charge in [0.25, 0.3) is 40.1 Å². The molecule has 8 aromatic carbocycles. The highest BCUT2D eigenvalue weighted by atomic mass is 35.5. The maximum atomic E-state index is 13.1. The number of carboxylic acids is 1. The Kier molecular flexibility index (Phi) is 30.7. The van der Waals surface area contributed by atoms with Gasteiger partial charge < -0.3 is 5.11 Å². The van der Waals surface area contributed by atoms with Crippen molar-refractivity contribution >= 4 is 241 Å². The number of halogens is 15. The van der Waals surface area contributed by atoms with Gasteiger partial charge in [-0.15, -0.1) is 0 Å². The van der Waals surface area contributed by atoms with E-state index in [0.29, 0.717) is 6.07 Å². The number of aromatic nitrogens is 4. The smallest absolute Gasteiger partial charge is 0.417 e. The second kappa shape index (κ2) is 39.1. The van der Waals surface area contributed by atoms with Crippen molar-refractivity contribution in [2.45, 2.75) is 30.7 Å². The standard InChI is InChI=1S/C20H11Cl2F3N2O5S.C19H13Cl3N2O5S2.C18H10Cl4N2O3S.C18H11Cl3N2O3S/c21-10-7-16(17(26-9-10)18(28)12-3-1-2-4-13(12)19(29)30)27-33(31,32)11-5-6-15(22)14(8-11)20(23,24)25;1-30(26,27)17-5-3-2-4-13(17)19(25)18-16(8-11(20)10-23-18)24-31(28,29)12-6-7-14(21)15(22)9-12;19-10-7-16(24-28(26,27)11-5-6-14(21)15(22)8-11)17(23-9-10)18(25)12-3-1-2-4-13(12)20;19-11-4-3-5-13(8-11)27(25,26)23-16-9-12(20)10-22-17(16)18(24)14-6-1-2-7-15(14)21/h1-9,27H,(H,29,30);2-10,24H,1H3;1-9,24H;1-10,23H. The third-order valence-corrected chi connectivity index (χ3v) is 25.6. The topological polar surface area (TPSA) is 376 Å². The highest BCUT2D eigenvalue weighted by molar-refractivity contribution is 7.93. The predicted octanol–water partition coefficient (Wildman–Crippen LogP) is 20.4. The molecule has 12 aromatic rings. The SMILES string of the molecule is CS(=O)(=O)c1ccccc1C(=O)c1ncc(Cl)cc1NS(=O)(=O)c1ccc(Cl)c(Cl)c1.O=C(O)c1ccccc1C(=O)c1ncc(Cl)cc1NS(=O)(=O)c1ccc(Cl)c(C(F)(F)F)c1.O=C(c1ccccc1Cl)c1ncc(Cl)cc1NS(=O)(=O)c1ccc(Cl)c(Cl)c1.O=C(c1ccccc1Cl)c1ncc(Cl)cc1NS(=O)(=O)c1cccc(Cl)c1. The molecule has 0 amide bonds. The lowest BCUT2D eigenvalue weighted by atomic mass is 10.0. The Morgan fingerprint density at radius 2 is 0.613 bits per heavy atom. The summed E-state index contributed by atoms with van der Waals surface area (Å²) in [6, 6.07) is 43.4. The molecule has 0 aliphatic carbocycles. The van der Waals surface area contributed by atoms with Gasteiger partial charge in [-0.3, -0.25) is 38.1 Å². The molecule has 0 aliphatic heterocycles. The fraction of sp³-hybridized carbons (Fsp3) is 0.0267. The van der Waals surface area contributed by atoms with E-state index in [-0.39, 0.29) is 137 Å². The van der Waals surface area contributed by atoms with Crippen molar-refractivity contribution in [3.8, 4) is 0 Å². The summed E-state index contributed by atoms with van der Waals surface area (Å²) in [5, 5.41) is 10.0. The zero-order valence-corrected chi connectivity index (χ0v) is 72.1. The van der Waals surface area contributed by atoms with Crippen LogP contribution in [0, 0.1) is 0 Å². The first kappa shape index (κ1) is 93.6. The summed E-state index contributed by atoms with van der Waals surface area (Å²) in [5.74, 6) is -4.26. The lowest BCUT2D eigenvalue weighted by Crippen LogP contribution is -2.19. The molecule has 0 aliphatic rings. The van der Waals surface area contributed by atoms with Gasteiger partial charge in [-0.05, 0) is 140 Å². The lowest BCUT2D eigenvalue weighted by Gasteiger charge is -2.14. The normalized spacial score (nSPS) is 11.6. The van der Waals surface area contributed by atoms with Gasteiger partial charge >= 0.3 is 12.1 Å². The highest BCUT2D eigenvalue weighted by Crippen LogP contribution is 2.39.